The zero-order chi connectivity index (χ0) is 21.6. The van der Waals surface area contributed by atoms with Crippen LogP contribution in [0.1, 0.15) is 37.9 Å². The number of hydrogen-bond donors (Lipinski definition) is 1. The molecule has 1 atom stereocenters. The Morgan fingerprint density at radius 1 is 1.14 bits per heavy atom. The van der Waals surface area contributed by atoms with Crippen molar-refractivity contribution < 1.29 is 14.3 Å². The minimum Gasteiger partial charge on any atom is -0.490 e. The molecule has 0 saturated carbocycles. The van der Waals surface area contributed by atoms with Gasteiger partial charge in [0.2, 0.25) is 5.91 Å². The number of rotatable bonds is 8. The standard InChI is InChI=1S/C21H27N3O5/c1-6-28-17-10-8-15(12-18(17)29-7-2)14(3)22-19(25)11-9-16-13-23(4)21(27)24(5)20(16)26/h8-14H,6-7H2,1-5H3,(H,22,25)/b11-9+. The average Bonchev–Trinajstić information content (AvgIpc) is 2.69. The number of carbonyl (C=O) groups is 1. The maximum Gasteiger partial charge on any atom is 0.330 e. The lowest BCUT2D eigenvalue weighted by Crippen LogP contribution is -2.37. The third-order valence-corrected chi connectivity index (χ3v) is 4.31. The third-order valence-electron chi connectivity index (χ3n) is 4.31. The van der Waals surface area contributed by atoms with Crippen LogP contribution in [0, 0.1) is 0 Å². The SMILES string of the molecule is CCOc1ccc(C(C)NC(=O)/C=C/c2cn(C)c(=O)n(C)c2=O)cc1OCC. The Hall–Kier alpha value is -3.29. The van der Waals surface area contributed by atoms with Crippen molar-refractivity contribution in [1.82, 2.24) is 14.5 Å². The highest BCUT2D eigenvalue weighted by molar-refractivity contribution is 5.91. The number of hydrogen-bond acceptors (Lipinski definition) is 5. The Labute approximate surface area is 169 Å². The van der Waals surface area contributed by atoms with Crippen molar-refractivity contribution in [1.29, 1.82) is 0 Å². The van der Waals surface area contributed by atoms with E-state index in [9.17, 15) is 14.4 Å². The normalized spacial score (nSPS) is 12.0. The minimum absolute atomic E-state index is 0.247. The molecule has 1 N–H and O–H groups in total. The summed E-state index contributed by atoms with van der Waals surface area (Å²) in [6.07, 6.45) is 4.07. The summed E-state index contributed by atoms with van der Waals surface area (Å²) in [6.45, 7) is 6.67. The summed E-state index contributed by atoms with van der Waals surface area (Å²) >= 11 is 0. The van der Waals surface area contributed by atoms with Gasteiger partial charge in [-0.15, -0.1) is 0 Å². The van der Waals surface area contributed by atoms with Gasteiger partial charge in [-0.2, -0.15) is 0 Å². The second-order valence-electron chi connectivity index (χ2n) is 6.48. The van der Waals surface area contributed by atoms with Gasteiger partial charge in [0, 0.05) is 26.4 Å². The number of nitrogens with one attached hydrogen (secondary N) is 1. The van der Waals surface area contributed by atoms with Gasteiger partial charge in [-0.1, -0.05) is 6.07 Å². The number of aromatic nitrogens is 2. The van der Waals surface area contributed by atoms with Crippen molar-refractivity contribution >= 4 is 12.0 Å². The maximum absolute atomic E-state index is 12.3. The molecule has 1 aromatic heterocycles. The Bertz CT molecular complexity index is 1020. The molecule has 0 aliphatic carbocycles. The fourth-order valence-corrected chi connectivity index (χ4v) is 2.80. The van der Waals surface area contributed by atoms with E-state index in [1.54, 1.807) is 7.05 Å². The highest BCUT2D eigenvalue weighted by Gasteiger charge is 2.12. The van der Waals surface area contributed by atoms with Crippen molar-refractivity contribution in [2.45, 2.75) is 26.8 Å². The van der Waals surface area contributed by atoms with Gasteiger partial charge < -0.3 is 19.4 Å². The quantitative estimate of drug-likeness (QED) is 0.681. The Balaban J connectivity index is 2.15. The molecule has 0 spiro atoms. The molecule has 0 saturated heterocycles. The van der Waals surface area contributed by atoms with Gasteiger partial charge in [0.25, 0.3) is 5.56 Å². The molecule has 29 heavy (non-hydrogen) atoms. The molecule has 1 aromatic carbocycles. The molecule has 0 fully saturated rings. The molecule has 8 nitrogen and oxygen atoms in total. The van der Waals surface area contributed by atoms with Gasteiger partial charge in [0.05, 0.1) is 24.8 Å². The molecule has 1 unspecified atom stereocenters. The summed E-state index contributed by atoms with van der Waals surface area (Å²) in [5.41, 5.74) is 0.220. The van der Waals surface area contributed by atoms with E-state index in [0.29, 0.717) is 24.7 Å². The average molecular weight is 401 g/mol. The lowest BCUT2D eigenvalue weighted by molar-refractivity contribution is -0.117. The number of ether oxygens (including phenoxy) is 2. The van der Waals surface area contributed by atoms with E-state index < -0.39 is 11.2 Å². The van der Waals surface area contributed by atoms with Gasteiger partial charge in [0.15, 0.2) is 11.5 Å². The van der Waals surface area contributed by atoms with Crippen molar-refractivity contribution in [2.75, 3.05) is 13.2 Å². The summed E-state index contributed by atoms with van der Waals surface area (Å²) in [6, 6.07) is 5.23. The maximum atomic E-state index is 12.3. The van der Waals surface area contributed by atoms with Crippen LogP contribution in [0.5, 0.6) is 11.5 Å². The lowest BCUT2D eigenvalue weighted by Gasteiger charge is -2.17. The van der Waals surface area contributed by atoms with E-state index in [-0.39, 0.29) is 17.5 Å². The summed E-state index contributed by atoms with van der Waals surface area (Å²) in [4.78, 5) is 36.1. The van der Waals surface area contributed by atoms with Gasteiger partial charge in [0.1, 0.15) is 0 Å². The zero-order valence-corrected chi connectivity index (χ0v) is 17.4. The Morgan fingerprint density at radius 3 is 2.45 bits per heavy atom. The third kappa shape index (κ3) is 5.37. The molecular formula is C21H27N3O5. The van der Waals surface area contributed by atoms with Gasteiger partial charge >= 0.3 is 5.69 Å². The van der Waals surface area contributed by atoms with E-state index in [4.69, 9.17) is 9.47 Å². The molecule has 156 valence electrons. The van der Waals surface area contributed by atoms with Crippen LogP contribution in [-0.2, 0) is 18.9 Å². The Morgan fingerprint density at radius 2 is 1.79 bits per heavy atom. The van der Waals surface area contributed by atoms with E-state index in [1.165, 1.54) is 30.0 Å². The predicted molar refractivity (Wildman–Crippen MR) is 111 cm³/mol. The number of carbonyl (C=O) groups excluding carboxylic acids is 1. The van der Waals surface area contributed by atoms with Gasteiger partial charge in [-0.3, -0.25) is 14.2 Å². The highest BCUT2D eigenvalue weighted by Crippen LogP contribution is 2.30. The van der Waals surface area contributed by atoms with E-state index >= 15 is 0 Å². The minimum atomic E-state index is -0.460. The fourth-order valence-electron chi connectivity index (χ4n) is 2.80. The predicted octanol–water partition coefficient (Wildman–Crippen LogP) is 1.77. The lowest BCUT2D eigenvalue weighted by atomic mass is 10.1. The summed E-state index contributed by atoms with van der Waals surface area (Å²) < 4.78 is 13.5. The molecule has 1 amide bonds. The van der Waals surface area contributed by atoms with Crippen molar-refractivity contribution in [2.24, 2.45) is 14.1 Å². The monoisotopic (exact) mass is 401 g/mol. The first kappa shape index (κ1) is 22.0. The van der Waals surface area contributed by atoms with Crippen LogP contribution in [-0.4, -0.2) is 28.3 Å². The zero-order valence-electron chi connectivity index (χ0n) is 17.4. The van der Waals surface area contributed by atoms with Crippen LogP contribution in [0.2, 0.25) is 0 Å². The van der Waals surface area contributed by atoms with Crippen LogP contribution < -0.4 is 26.0 Å². The number of aryl methyl sites for hydroxylation is 1. The summed E-state index contributed by atoms with van der Waals surface area (Å²) in [7, 11) is 2.94. The topological polar surface area (TPSA) is 91.6 Å². The van der Waals surface area contributed by atoms with Crippen molar-refractivity contribution in [3.05, 3.63) is 62.4 Å². The number of nitrogens with zero attached hydrogens (tertiary/aromatic N) is 2. The fraction of sp³-hybridized carbons (Fsp3) is 0.381. The largest absolute Gasteiger partial charge is 0.490 e. The van der Waals surface area contributed by atoms with Gasteiger partial charge in [-0.05, 0) is 44.5 Å². The molecule has 8 heteroatoms. The Kier molecular flexibility index (Phi) is 7.41. The highest BCUT2D eigenvalue weighted by atomic mass is 16.5. The van der Waals surface area contributed by atoms with Crippen LogP contribution in [0.4, 0.5) is 0 Å². The van der Waals surface area contributed by atoms with Crippen LogP contribution in [0.3, 0.4) is 0 Å². The number of amides is 1. The molecule has 2 rings (SSSR count). The van der Waals surface area contributed by atoms with E-state index in [0.717, 1.165) is 10.1 Å². The molecule has 0 aliphatic heterocycles. The molecule has 0 aliphatic rings. The summed E-state index contributed by atoms with van der Waals surface area (Å²) in [5, 5.41) is 2.85. The molecule has 2 aromatic rings. The first-order valence-corrected chi connectivity index (χ1v) is 9.43. The van der Waals surface area contributed by atoms with Crippen molar-refractivity contribution in [3.63, 3.8) is 0 Å². The molecular weight excluding hydrogens is 374 g/mol. The number of benzene rings is 1. The molecule has 1 heterocycles. The van der Waals surface area contributed by atoms with E-state index in [1.807, 2.05) is 39.0 Å². The smallest absolute Gasteiger partial charge is 0.330 e. The molecule has 0 bridgehead atoms. The van der Waals surface area contributed by atoms with Crippen LogP contribution in [0.25, 0.3) is 6.08 Å². The summed E-state index contributed by atoms with van der Waals surface area (Å²) in [5.74, 6) is 0.916. The second kappa shape index (κ2) is 9.77. The first-order chi connectivity index (χ1) is 13.8. The second-order valence-corrected chi connectivity index (χ2v) is 6.48. The molecule has 0 radical (unpaired) electrons. The van der Waals surface area contributed by atoms with Crippen LogP contribution >= 0.6 is 0 Å². The van der Waals surface area contributed by atoms with Crippen LogP contribution in [0.15, 0.2) is 40.1 Å². The first-order valence-electron chi connectivity index (χ1n) is 9.43. The van der Waals surface area contributed by atoms with Gasteiger partial charge in [-0.25, -0.2) is 4.79 Å². The van der Waals surface area contributed by atoms with E-state index in [2.05, 4.69) is 5.32 Å². The van der Waals surface area contributed by atoms with Crippen molar-refractivity contribution in [3.8, 4) is 11.5 Å².